The Morgan fingerprint density at radius 1 is 1.00 bits per heavy atom. The van der Waals surface area contributed by atoms with E-state index in [-0.39, 0.29) is 12.5 Å². The molecule has 1 unspecified atom stereocenters. The van der Waals surface area contributed by atoms with Crippen LogP contribution in [0, 0.1) is 5.82 Å². The highest BCUT2D eigenvalue weighted by molar-refractivity contribution is 7.76. The minimum Gasteiger partial charge on any atom is -0.455 e. The standard InChI is InChI=1S/C32H27FN4O5S/c1-3-14-37(43(39)40)18-22-16-27-25(28(31(38)34-2)29(41-27)19-9-11-23(33)12-10-19)17-24(22)20-6-4-7-21(15-20)32-36-30-26(42-32)8-5-13-35-30/h4-13,15-17H,3,14,18H2,1-2H3,(H,34,38)(H,39,40). The molecule has 0 bridgehead atoms. The molecule has 3 aromatic carbocycles. The smallest absolute Gasteiger partial charge is 0.255 e. The molecule has 6 aromatic rings. The average molecular weight is 599 g/mol. The summed E-state index contributed by atoms with van der Waals surface area (Å²) in [7, 11) is 1.53. The van der Waals surface area contributed by atoms with Gasteiger partial charge in [0.05, 0.1) is 5.56 Å². The number of rotatable bonds is 9. The van der Waals surface area contributed by atoms with Gasteiger partial charge in [0.2, 0.25) is 17.2 Å². The largest absolute Gasteiger partial charge is 0.455 e. The van der Waals surface area contributed by atoms with Crippen molar-refractivity contribution >= 4 is 39.4 Å². The maximum atomic E-state index is 13.7. The maximum Gasteiger partial charge on any atom is 0.255 e. The summed E-state index contributed by atoms with van der Waals surface area (Å²) in [6.07, 6.45) is 2.32. The molecule has 0 saturated heterocycles. The van der Waals surface area contributed by atoms with E-state index in [9.17, 15) is 17.9 Å². The lowest BCUT2D eigenvalue weighted by molar-refractivity contribution is 0.0964. The number of benzene rings is 3. The van der Waals surface area contributed by atoms with E-state index in [4.69, 9.17) is 8.83 Å². The second-order valence-corrected chi connectivity index (χ2v) is 10.9. The molecule has 1 amide bonds. The van der Waals surface area contributed by atoms with Gasteiger partial charge in [-0.05, 0) is 83.8 Å². The van der Waals surface area contributed by atoms with Crippen LogP contribution in [0.25, 0.3) is 56.1 Å². The Kier molecular flexibility index (Phi) is 7.85. The molecule has 0 aliphatic rings. The number of aromatic nitrogens is 2. The Bertz CT molecular complexity index is 1950. The third-order valence-corrected chi connectivity index (χ3v) is 7.85. The molecule has 0 radical (unpaired) electrons. The molecule has 2 N–H and O–H groups in total. The number of fused-ring (bicyclic) bond motifs is 2. The summed E-state index contributed by atoms with van der Waals surface area (Å²) in [5.41, 5.74) is 5.23. The van der Waals surface area contributed by atoms with Gasteiger partial charge in [-0.25, -0.2) is 13.6 Å². The van der Waals surface area contributed by atoms with Gasteiger partial charge in [-0.3, -0.25) is 9.35 Å². The summed E-state index contributed by atoms with van der Waals surface area (Å²) in [5.74, 6) is -0.0846. The number of carbonyl (C=O) groups is 1. The van der Waals surface area contributed by atoms with Crippen LogP contribution in [0.5, 0.6) is 0 Å². The van der Waals surface area contributed by atoms with Crippen molar-refractivity contribution in [2.24, 2.45) is 0 Å². The molecule has 9 nitrogen and oxygen atoms in total. The summed E-state index contributed by atoms with van der Waals surface area (Å²) in [6.45, 7) is 2.46. The van der Waals surface area contributed by atoms with Crippen molar-refractivity contribution in [2.75, 3.05) is 13.6 Å². The number of furan rings is 1. The van der Waals surface area contributed by atoms with E-state index in [1.165, 1.54) is 23.5 Å². The third kappa shape index (κ3) is 5.57. The molecule has 0 fully saturated rings. The molecule has 1 atom stereocenters. The molecule has 3 heterocycles. The van der Waals surface area contributed by atoms with Gasteiger partial charge in [-0.2, -0.15) is 9.29 Å². The lowest BCUT2D eigenvalue weighted by atomic mass is 9.94. The van der Waals surface area contributed by atoms with E-state index in [2.05, 4.69) is 15.3 Å². The highest BCUT2D eigenvalue weighted by Gasteiger charge is 2.25. The van der Waals surface area contributed by atoms with Crippen molar-refractivity contribution < 1.29 is 26.8 Å². The SMILES string of the molecule is CCCN(Cc1cc2oc(-c3ccc(F)cc3)c(C(=O)NC)c2cc1-c1cccc(-c2nc3ncccc3o2)c1)S(=O)O. The minimum absolute atomic E-state index is 0.140. The molecule has 218 valence electrons. The van der Waals surface area contributed by atoms with E-state index in [0.717, 1.165) is 11.1 Å². The molecular formula is C32H27FN4O5S. The van der Waals surface area contributed by atoms with Gasteiger partial charge in [-0.15, -0.1) is 0 Å². The Balaban J connectivity index is 1.56. The van der Waals surface area contributed by atoms with Gasteiger partial charge in [0.1, 0.15) is 17.2 Å². The second kappa shape index (κ2) is 11.9. The van der Waals surface area contributed by atoms with Crippen LogP contribution in [-0.2, 0) is 17.8 Å². The molecule has 6 rings (SSSR count). The van der Waals surface area contributed by atoms with E-state index in [1.807, 2.05) is 37.3 Å². The van der Waals surface area contributed by atoms with Crippen LogP contribution >= 0.6 is 0 Å². The highest BCUT2D eigenvalue weighted by atomic mass is 32.2. The fraction of sp³-hybridized carbons (Fsp3) is 0.156. The van der Waals surface area contributed by atoms with Crippen LogP contribution in [0.2, 0.25) is 0 Å². The van der Waals surface area contributed by atoms with Crippen molar-refractivity contribution in [3.63, 3.8) is 0 Å². The molecule has 0 saturated carbocycles. The zero-order valence-electron chi connectivity index (χ0n) is 23.3. The zero-order valence-corrected chi connectivity index (χ0v) is 24.2. The maximum absolute atomic E-state index is 13.7. The van der Waals surface area contributed by atoms with Gasteiger partial charge in [0.15, 0.2) is 11.2 Å². The van der Waals surface area contributed by atoms with Crippen LogP contribution in [0.4, 0.5) is 4.39 Å². The highest BCUT2D eigenvalue weighted by Crippen LogP contribution is 2.39. The number of nitrogens with one attached hydrogen (secondary N) is 1. The van der Waals surface area contributed by atoms with Crippen molar-refractivity contribution in [2.45, 2.75) is 19.9 Å². The Morgan fingerprint density at radius 3 is 2.51 bits per heavy atom. The molecule has 0 spiro atoms. The minimum atomic E-state index is -2.21. The van der Waals surface area contributed by atoms with Crippen molar-refractivity contribution in [3.8, 4) is 33.9 Å². The monoisotopic (exact) mass is 598 g/mol. The van der Waals surface area contributed by atoms with Gasteiger partial charge in [-0.1, -0.05) is 19.1 Å². The molecule has 0 aliphatic carbocycles. The molecule has 43 heavy (non-hydrogen) atoms. The van der Waals surface area contributed by atoms with Gasteiger partial charge in [0.25, 0.3) is 5.91 Å². The number of hydrogen-bond donors (Lipinski definition) is 2. The predicted molar refractivity (Wildman–Crippen MR) is 163 cm³/mol. The second-order valence-electron chi connectivity index (χ2n) is 9.92. The number of hydrogen-bond acceptors (Lipinski definition) is 6. The number of oxazole rings is 1. The van der Waals surface area contributed by atoms with Gasteiger partial charge >= 0.3 is 0 Å². The number of amides is 1. The summed E-state index contributed by atoms with van der Waals surface area (Å²) in [5, 5.41) is 3.22. The van der Waals surface area contributed by atoms with E-state index < -0.39 is 17.1 Å². The van der Waals surface area contributed by atoms with Crippen LogP contribution < -0.4 is 5.32 Å². The van der Waals surface area contributed by atoms with Crippen LogP contribution in [0.1, 0.15) is 29.3 Å². The first kappa shape index (κ1) is 28.4. The predicted octanol–water partition coefficient (Wildman–Crippen LogP) is 6.82. The summed E-state index contributed by atoms with van der Waals surface area (Å²) in [6, 6.07) is 20.5. The number of halogens is 1. The van der Waals surface area contributed by atoms with Crippen LogP contribution in [-0.4, -0.2) is 42.5 Å². The zero-order chi connectivity index (χ0) is 30.1. The Morgan fingerprint density at radius 2 is 1.79 bits per heavy atom. The topological polar surface area (TPSA) is 122 Å². The van der Waals surface area contributed by atoms with E-state index in [0.29, 0.717) is 69.1 Å². The third-order valence-electron chi connectivity index (χ3n) is 7.10. The summed E-state index contributed by atoms with van der Waals surface area (Å²) < 4.78 is 49.6. The van der Waals surface area contributed by atoms with Crippen molar-refractivity contribution in [3.05, 3.63) is 95.9 Å². The number of pyridine rings is 1. The van der Waals surface area contributed by atoms with Crippen LogP contribution in [0.3, 0.4) is 0 Å². The first-order chi connectivity index (χ1) is 20.9. The fourth-order valence-corrected chi connectivity index (χ4v) is 5.69. The fourth-order valence-electron chi connectivity index (χ4n) is 5.10. The number of carbonyl (C=O) groups excluding carboxylic acids is 1. The van der Waals surface area contributed by atoms with E-state index in [1.54, 1.807) is 36.5 Å². The van der Waals surface area contributed by atoms with E-state index >= 15 is 0 Å². The van der Waals surface area contributed by atoms with Gasteiger partial charge < -0.3 is 14.2 Å². The quantitative estimate of drug-likeness (QED) is 0.175. The molecule has 11 heteroatoms. The summed E-state index contributed by atoms with van der Waals surface area (Å²) in [4.78, 5) is 22.0. The van der Waals surface area contributed by atoms with Crippen molar-refractivity contribution in [1.82, 2.24) is 19.6 Å². The van der Waals surface area contributed by atoms with Crippen LogP contribution in [0.15, 0.2) is 87.8 Å². The number of nitrogens with zero attached hydrogens (tertiary/aromatic N) is 3. The Labute approximate surface area is 248 Å². The first-order valence-electron chi connectivity index (χ1n) is 13.6. The summed E-state index contributed by atoms with van der Waals surface area (Å²) >= 11 is -2.21. The lowest BCUT2D eigenvalue weighted by Gasteiger charge is -2.19. The average Bonchev–Trinajstić information content (AvgIpc) is 3.62. The normalized spacial score (nSPS) is 12.3. The molecule has 0 aliphatic heterocycles. The first-order valence-corrected chi connectivity index (χ1v) is 14.7. The lowest BCUT2D eigenvalue weighted by Crippen LogP contribution is -2.26. The van der Waals surface area contributed by atoms with Gasteiger partial charge in [0, 0.05) is 42.8 Å². The Hall–Kier alpha value is -4.71. The molecular weight excluding hydrogens is 571 g/mol. The van der Waals surface area contributed by atoms with Crippen molar-refractivity contribution in [1.29, 1.82) is 0 Å². The molecule has 3 aromatic heterocycles.